The molecule has 25 heavy (non-hydrogen) atoms. The molecule has 0 atom stereocenters. The van der Waals surface area contributed by atoms with Crippen LogP contribution in [0.4, 0.5) is 13.9 Å². The van der Waals surface area contributed by atoms with Crippen LogP contribution in [0.5, 0.6) is 11.5 Å². The van der Waals surface area contributed by atoms with Gasteiger partial charge in [0.1, 0.15) is 0 Å². The normalized spacial score (nSPS) is 10.7. The summed E-state index contributed by atoms with van der Waals surface area (Å²) in [6.07, 6.45) is 0.521. The molecule has 7 nitrogen and oxygen atoms in total. The first-order valence-corrected chi connectivity index (χ1v) is 8.88. The van der Waals surface area contributed by atoms with Gasteiger partial charge in [-0.3, -0.25) is 4.79 Å². The van der Waals surface area contributed by atoms with Gasteiger partial charge in [0.2, 0.25) is 11.0 Å². The number of nitrogens with zero attached hydrogens (tertiary/aromatic N) is 2. The molecule has 0 saturated heterocycles. The van der Waals surface area contributed by atoms with Gasteiger partial charge in [0.15, 0.2) is 15.8 Å². The van der Waals surface area contributed by atoms with Crippen LogP contribution in [0, 0.1) is 0 Å². The average Bonchev–Trinajstić information content (AvgIpc) is 2.99. The minimum atomic E-state index is -2.92. The number of benzene rings is 1. The lowest BCUT2D eigenvalue weighted by molar-refractivity contribution is -0.118. The number of amides is 1. The molecule has 1 aromatic carbocycles. The van der Waals surface area contributed by atoms with E-state index in [1.165, 1.54) is 36.3 Å². The Kier molecular flexibility index (Phi) is 7.19. The summed E-state index contributed by atoms with van der Waals surface area (Å²) in [6.45, 7) is -2.52. The Morgan fingerprint density at radius 2 is 2.20 bits per heavy atom. The summed E-state index contributed by atoms with van der Waals surface area (Å²) in [5.41, 5.74) is 6.28. The SMILES string of the molecule is COc1cc(CCNC(=O)CSc2nnc(N)s2)ccc1OC(F)F. The second-order valence-corrected chi connectivity index (χ2v) is 6.89. The third-order valence-electron chi connectivity index (χ3n) is 2.93. The first-order valence-electron chi connectivity index (χ1n) is 7.08. The molecule has 0 aliphatic rings. The molecule has 2 aromatic rings. The first kappa shape index (κ1) is 19.2. The van der Waals surface area contributed by atoms with E-state index in [0.29, 0.717) is 22.4 Å². The average molecular weight is 390 g/mol. The highest BCUT2D eigenvalue weighted by atomic mass is 32.2. The summed E-state index contributed by atoms with van der Waals surface area (Å²) in [5.74, 6) is 0.244. The van der Waals surface area contributed by atoms with Crippen LogP contribution in [0.3, 0.4) is 0 Å². The van der Waals surface area contributed by atoms with Crippen molar-refractivity contribution in [2.75, 3.05) is 25.1 Å². The van der Waals surface area contributed by atoms with E-state index in [1.807, 2.05) is 0 Å². The third kappa shape index (κ3) is 6.35. The molecule has 0 unspecified atom stereocenters. The van der Waals surface area contributed by atoms with Crippen LogP contribution in [-0.2, 0) is 11.2 Å². The Hall–Kier alpha value is -2.14. The van der Waals surface area contributed by atoms with E-state index in [-0.39, 0.29) is 23.2 Å². The van der Waals surface area contributed by atoms with E-state index in [1.54, 1.807) is 12.1 Å². The summed E-state index contributed by atoms with van der Waals surface area (Å²) < 4.78 is 34.6. The zero-order valence-corrected chi connectivity index (χ0v) is 14.8. The molecule has 0 aliphatic heterocycles. The number of alkyl halides is 2. The van der Waals surface area contributed by atoms with Gasteiger partial charge in [-0.15, -0.1) is 10.2 Å². The molecule has 0 radical (unpaired) electrons. The maximum Gasteiger partial charge on any atom is 0.387 e. The number of carbonyl (C=O) groups excluding carboxylic acids is 1. The van der Waals surface area contributed by atoms with Gasteiger partial charge >= 0.3 is 6.61 Å². The van der Waals surface area contributed by atoms with Crippen LogP contribution in [0.15, 0.2) is 22.5 Å². The van der Waals surface area contributed by atoms with Crippen molar-refractivity contribution in [2.24, 2.45) is 0 Å². The second-order valence-electron chi connectivity index (χ2n) is 4.66. The molecular formula is C14H16F2N4O3S2. The Labute approximate surface area is 150 Å². The Morgan fingerprint density at radius 1 is 1.40 bits per heavy atom. The summed E-state index contributed by atoms with van der Waals surface area (Å²) in [4.78, 5) is 11.8. The van der Waals surface area contributed by atoms with Gasteiger partial charge in [0.05, 0.1) is 12.9 Å². The third-order valence-corrected chi connectivity index (χ3v) is 4.81. The van der Waals surface area contributed by atoms with E-state index >= 15 is 0 Å². The predicted molar refractivity (Wildman–Crippen MR) is 91.4 cm³/mol. The maximum absolute atomic E-state index is 12.3. The van der Waals surface area contributed by atoms with E-state index < -0.39 is 6.61 Å². The predicted octanol–water partition coefficient (Wildman–Crippen LogP) is 2.18. The summed E-state index contributed by atoms with van der Waals surface area (Å²) in [5, 5.41) is 10.6. The molecule has 3 N–H and O–H groups in total. The molecule has 0 bridgehead atoms. The van der Waals surface area contributed by atoms with Crippen molar-refractivity contribution in [1.82, 2.24) is 15.5 Å². The first-order chi connectivity index (χ1) is 12.0. The molecule has 0 spiro atoms. The quantitative estimate of drug-likeness (QED) is 0.633. The van der Waals surface area contributed by atoms with Crippen molar-refractivity contribution in [2.45, 2.75) is 17.4 Å². The number of carbonyl (C=O) groups is 1. The number of ether oxygens (including phenoxy) is 2. The van der Waals surface area contributed by atoms with Crippen molar-refractivity contribution in [3.8, 4) is 11.5 Å². The number of rotatable bonds is 9. The van der Waals surface area contributed by atoms with Gasteiger partial charge in [0.25, 0.3) is 0 Å². The molecular weight excluding hydrogens is 374 g/mol. The molecule has 1 amide bonds. The van der Waals surface area contributed by atoms with E-state index in [4.69, 9.17) is 10.5 Å². The lowest BCUT2D eigenvalue weighted by Gasteiger charge is -2.11. The van der Waals surface area contributed by atoms with Crippen LogP contribution in [0.1, 0.15) is 5.56 Å². The molecule has 0 aliphatic carbocycles. The van der Waals surface area contributed by atoms with Crippen LogP contribution in [0.25, 0.3) is 0 Å². The summed E-state index contributed by atoms with van der Waals surface area (Å²) in [7, 11) is 1.37. The van der Waals surface area contributed by atoms with E-state index in [9.17, 15) is 13.6 Å². The fourth-order valence-electron chi connectivity index (χ4n) is 1.86. The second kappa shape index (κ2) is 9.37. The number of nitrogens with one attached hydrogen (secondary N) is 1. The fourth-order valence-corrected chi connectivity index (χ4v) is 3.33. The molecule has 136 valence electrons. The maximum atomic E-state index is 12.3. The number of nitrogens with two attached hydrogens (primary N) is 1. The lowest BCUT2D eigenvalue weighted by Crippen LogP contribution is -2.27. The number of anilines is 1. The van der Waals surface area contributed by atoms with Gasteiger partial charge in [-0.2, -0.15) is 8.78 Å². The number of hydrogen-bond acceptors (Lipinski definition) is 8. The highest BCUT2D eigenvalue weighted by Crippen LogP contribution is 2.29. The highest BCUT2D eigenvalue weighted by molar-refractivity contribution is 8.01. The largest absolute Gasteiger partial charge is 0.493 e. The standard InChI is InChI=1S/C14H16F2N4O3S2/c1-22-10-6-8(2-3-9(10)23-12(15)16)4-5-18-11(21)7-24-14-20-19-13(17)25-14/h2-3,6,12H,4-5,7H2,1H3,(H2,17,19)(H,18,21). The number of aromatic nitrogens is 2. The van der Waals surface area contributed by atoms with Gasteiger partial charge in [-0.25, -0.2) is 0 Å². The summed E-state index contributed by atoms with van der Waals surface area (Å²) in [6, 6.07) is 4.66. The Balaban J connectivity index is 1.77. The van der Waals surface area contributed by atoms with Gasteiger partial charge in [-0.1, -0.05) is 29.2 Å². The number of halogens is 2. The lowest BCUT2D eigenvalue weighted by atomic mass is 10.1. The number of hydrogen-bond donors (Lipinski definition) is 2. The van der Waals surface area contributed by atoms with Crippen LogP contribution >= 0.6 is 23.1 Å². The van der Waals surface area contributed by atoms with Crippen molar-refractivity contribution >= 4 is 34.1 Å². The van der Waals surface area contributed by atoms with Crippen molar-refractivity contribution in [1.29, 1.82) is 0 Å². The molecule has 0 saturated carbocycles. The van der Waals surface area contributed by atoms with Crippen LogP contribution < -0.4 is 20.5 Å². The summed E-state index contributed by atoms with van der Waals surface area (Å²) >= 11 is 2.47. The van der Waals surface area contributed by atoms with Gasteiger partial charge in [0, 0.05) is 6.54 Å². The number of methoxy groups -OCH3 is 1. The molecule has 11 heteroatoms. The molecule has 1 heterocycles. The van der Waals surface area contributed by atoms with E-state index in [2.05, 4.69) is 20.3 Å². The zero-order chi connectivity index (χ0) is 18.2. The minimum Gasteiger partial charge on any atom is -0.493 e. The highest BCUT2D eigenvalue weighted by Gasteiger charge is 2.11. The van der Waals surface area contributed by atoms with Gasteiger partial charge < -0.3 is 20.5 Å². The molecule has 2 rings (SSSR count). The Bertz CT molecular complexity index is 715. The van der Waals surface area contributed by atoms with Gasteiger partial charge in [-0.05, 0) is 24.1 Å². The Morgan fingerprint density at radius 3 is 2.84 bits per heavy atom. The number of nitrogen functional groups attached to an aromatic ring is 1. The fraction of sp³-hybridized carbons (Fsp3) is 0.357. The van der Waals surface area contributed by atoms with Crippen molar-refractivity contribution in [3.05, 3.63) is 23.8 Å². The van der Waals surface area contributed by atoms with Crippen LogP contribution in [-0.4, -0.2) is 42.1 Å². The topological polar surface area (TPSA) is 99.4 Å². The zero-order valence-electron chi connectivity index (χ0n) is 13.2. The monoisotopic (exact) mass is 390 g/mol. The molecule has 0 fully saturated rings. The molecule has 1 aromatic heterocycles. The van der Waals surface area contributed by atoms with E-state index in [0.717, 1.165) is 5.56 Å². The van der Waals surface area contributed by atoms with Crippen LogP contribution in [0.2, 0.25) is 0 Å². The minimum absolute atomic E-state index is 0.0296. The van der Waals surface area contributed by atoms with Crippen molar-refractivity contribution in [3.63, 3.8) is 0 Å². The van der Waals surface area contributed by atoms with Crippen molar-refractivity contribution < 1.29 is 23.0 Å². The number of thioether (sulfide) groups is 1. The smallest absolute Gasteiger partial charge is 0.387 e.